The molecule has 5 nitrogen and oxygen atoms in total. The molecule has 0 fully saturated rings. The molecule has 0 aliphatic rings. The molecule has 0 aliphatic carbocycles. The molecule has 0 saturated carbocycles. The predicted octanol–water partition coefficient (Wildman–Crippen LogP) is 1.16. The summed E-state index contributed by atoms with van der Waals surface area (Å²) in [6.07, 6.45) is -3.11. The minimum atomic E-state index is -3.11. The van der Waals surface area contributed by atoms with E-state index in [-0.39, 0.29) is 0 Å². The van der Waals surface area contributed by atoms with Gasteiger partial charge in [0.05, 0.1) is 0 Å². The van der Waals surface area contributed by atoms with Gasteiger partial charge in [-0.1, -0.05) is 0 Å². The van der Waals surface area contributed by atoms with Gasteiger partial charge >= 0.3 is 20.3 Å². The first-order valence-corrected chi connectivity index (χ1v) is 6.16. The molecule has 0 aromatic heterocycles. The predicted molar refractivity (Wildman–Crippen MR) is 60.1 cm³/mol. The number of nitrogens with zero attached hydrogens (tertiary/aromatic N) is 3. The van der Waals surface area contributed by atoms with Crippen LogP contribution in [-0.4, -0.2) is 68.7 Å². The minimum absolute atomic E-state index is 1.50. The van der Waals surface area contributed by atoms with Crippen molar-refractivity contribution in [2.24, 2.45) is 0 Å². The summed E-state index contributed by atoms with van der Waals surface area (Å²) in [7, 11) is 7.47. The first-order chi connectivity index (χ1) is 7.16. The lowest BCUT2D eigenvalue weighted by Gasteiger charge is -2.35. The molecular formula is C8H19F2N3O2P+. The van der Waals surface area contributed by atoms with E-state index in [4.69, 9.17) is 4.52 Å². The molecule has 0 unspecified atom stereocenters. The molecule has 0 saturated heterocycles. The molecule has 0 aliphatic heterocycles. The Balaban J connectivity index is 5.13. The molecule has 0 atom stereocenters. The van der Waals surface area contributed by atoms with E-state index >= 15 is 0 Å². The van der Waals surface area contributed by atoms with Gasteiger partial charge in [-0.05, 0) is 0 Å². The van der Waals surface area contributed by atoms with Crippen LogP contribution in [0.25, 0.3) is 0 Å². The average molecular weight is 258 g/mol. The van der Waals surface area contributed by atoms with E-state index in [9.17, 15) is 13.6 Å². The van der Waals surface area contributed by atoms with Crippen LogP contribution in [0.2, 0.25) is 0 Å². The fourth-order valence-corrected chi connectivity index (χ4v) is 4.44. The van der Waals surface area contributed by atoms with E-state index < -0.39 is 20.3 Å². The molecule has 0 heterocycles. The van der Waals surface area contributed by atoms with Crippen LogP contribution in [0.15, 0.2) is 0 Å². The van der Waals surface area contributed by atoms with Crippen LogP contribution in [0, 0.1) is 0 Å². The summed E-state index contributed by atoms with van der Waals surface area (Å²) in [6, 6.07) is 0. The highest BCUT2D eigenvalue weighted by Crippen LogP contribution is 2.64. The monoisotopic (exact) mass is 258 g/mol. The maximum Gasteiger partial charge on any atom is 0.423 e. The first kappa shape index (κ1) is 15.6. The van der Waals surface area contributed by atoms with Gasteiger partial charge in [0.15, 0.2) is 0 Å². The van der Waals surface area contributed by atoms with E-state index in [0.717, 1.165) is 0 Å². The minimum Gasteiger partial charge on any atom is -0.248 e. The summed E-state index contributed by atoms with van der Waals surface area (Å²) in [4.78, 5) is 11.0. The van der Waals surface area contributed by atoms with Gasteiger partial charge in [0.2, 0.25) is 0 Å². The number of hydrogen-bond donors (Lipinski definition) is 0. The Kier molecular flexibility index (Phi) is 5.69. The number of halogens is 2. The molecule has 0 bridgehead atoms. The summed E-state index contributed by atoms with van der Waals surface area (Å²) < 4.78 is 34.4. The standard InChI is InChI=1S/C8H19F2N3O2P/c1-11(2)16(12(3)4,13(5)6)15-8(14)7(9)10/h7H,1-6H3/q+1. The van der Waals surface area contributed by atoms with Gasteiger partial charge < -0.3 is 0 Å². The average Bonchev–Trinajstić information content (AvgIpc) is 2.11. The highest BCUT2D eigenvalue weighted by Gasteiger charge is 2.54. The molecule has 0 radical (unpaired) electrons. The number of rotatable bonds is 5. The Morgan fingerprint density at radius 3 is 1.50 bits per heavy atom. The van der Waals surface area contributed by atoms with Crippen LogP contribution in [0.1, 0.15) is 0 Å². The van der Waals surface area contributed by atoms with E-state index in [0.29, 0.717) is 0 Å². The Bertz CT molecular complexity index is 228. The summed E-state index contributed by atoms with van der Waals surface area (Å²) >= 11 is 0. The Hall–Kier alpha value is -0.360. The summed E-state index contributed by atoms with van der Waals surface area (Å²) in [5.74, 6) is -1.50. The third kappa shape index (κ3) is 3.07. The SMILES string of the molecule is CN(C)[P+](OC(=O)C(F)F)(N(C)C)N(C)C. The lowest BCUT2D eigenvalue weighted by atomic mass is 10.7. The van der Waals surface area contributed by atoms with Crippen LogP contribution in [0.4, 0.5) is 8.78 Å². The van der Waals surface area contributed by atoms with Gasteiger partial charge in [-0.15, -0.1) is 14.0 Å². The second kappa shape index (κ2) is 5.82. The molecular weight excluding hydrogens is 239 g/mol. The fourth-order valence-electron chi connectivity index (χ4n) is 1.48. The first-order valence-electron chi connectivity index (χ1n) is 4.60. The van der Waals surface area contributed by atoms with Crippen molar-refractivity contribution >= 4 is 13.9 Å². The van der Waals surface area contributed by atoms with Crippen molar-refractivity contribution in [1.29, 1.82) is 0 Å². The Morgan fingerprint density at radius 2 is 1.31 bits per heavy atom. The molecule has 0 rings (SSSR count). The van der Waals surface area contributed by atoms with Gasteiger partial charge in [-0.2, -0.15) is 8.78 Å². The zero-order valence-corrected chi connectivity index (χ0v) is 11.3. The third-order valence-corrected chi connectivity index (χ3v) is 5.51. The van der Waals surface area contributed by atoms with Crippen LogP contribution >= 0.6 is 7.94 Å². The molecule has 0 amide bonds. The number of hydrogen-bond acceptors (Lipinski definition) is 5. The molecule has 0 N–H and O–H groups in total. The number of carbonyl (C=O) groups excluding carboxylic acids is 1. The second-order valence-electron chi connectivity index (χ2n) is 3.77. The molecule has 16 heavy (non-hydrogen) atoms. The highest BCUT2D eigenvalue weighted by molar-refractivity contribution is 7.64. The van der Waals surface area contributed by atoms with Gasteiger partial charge in [0.25, 0.3) is 0 Å². The van der Waals surface area contributed by atoms with E-state index in [2.05, 4.69) is 0 Å². The molecule has 96 valence electrons. The molecule has 0 aromatic carbocycles. The molecule has 8 heteroatoms. The Morgan fingerprint density at radius 1 is 1.00 bits per heavy atom. The van der Waals surface area contributed by atoms with Gasteiger partial charge in [-0.3, -0.25) is 0 Å². The van der Waals surface area contributed by atoms with Crippen LogP contribution < -0.4 is 0 Å². The van der Waals surface area contributed by atoms with Crippen LogP contribution in [0.3, 0.4) is 0 Å². The van der Waals surface area contributed by atoms with Crippen molar-refractivity contribution in [1.82, 2.24) is 14.0 Å². The Labute approximate surface area is 95.5 Å². The third-order valence-electron chi connectivity index (χ3n) is 1.95. The normalized spacial score (nSPS) is 13.0. The largest absolute Gasteiger partial charge is 0.423 e. The van der Waals surface area contributed by atoms with E-state index in [1.54, 1.807) is 56.3 Å². The van der Waals surface area contributed by atoms with Crippen molar-refractivity contribution in [3.05, 3.63) is 0 Å². The molecule has 0 spiro atoms. The smallest absolute Gasteiger partial charge is 0.248 e. The van der Waals surface area contributed by atoms with Gasteiger partial charge in [0.1, 0.15) is 0 Å². The van der Waals surface area contributed by atoms with E-state index in [1.165, 1.54) is 0 Å². The highest BCUT2D eigenvalue weighted by atomic mass is 31.2. The van der Waals surface area contributed by atoms with Crippen LogP contribution in [-0.2, 0) is 9.32 Å². The van der Waals surface area contributed by atoms with E-state index in [1.807, 2.05) is 0 Å². The number of carbonyl (C=O) groups is 1. The number of alkyl halides is 2. The molecule has 0 aromatic rings. The fraction of sp³-hybridized carbons (Fsp3) is 0.875. The maximum absolute atomic E-state index is 12.2. The van der Waals surface area contributed by atoms with Gasteiger partial charge in [-0.25, -0.2) is 9.32 Å². The lowest BCUT2D eigenvalue weighted by molar-refractivity contribution is -0.147. The van der Waals surface area contributed by atoms with Crippen molar-refractivity contribution in [3.8, 4) is 0 Å². The summed E-state index contributed by atoms with van der Waals surface area (Å²) in [5, 5.41) is 0. The zero-order chi connectivity index (χ0) is 13.1. The van der Waals surface area contributed by atoms with Crippen LogP contribution in [0.5, 0.6) is 0 Å². The summed E-state index contributed by atoms with van der Waals surface area (Å²) in [5.41, 5.74) is 0. The van der Waals surface area contributed by atoms with Crippen molar-refractivity contribution in [2.45, 2.75) is 6.43 Å². The maximum atomic E-state index is 12.2. The van der Waals surface area contributed by atoms with Crippen molar-refractivity contribution < 1.29 is 18.1 Å². The quantitative estimate of drug-likeness (QED) is 0.691. The van der Waals surface area contributed by atoms with Crippen molar-refractivity contribution in [3.63, 3.8) is 0 Å². The summed E-state index contributed by atoms with van der Waals surface area (Å²) in [6.45, 7) is 0. The topological polar surface area (TPSA) is 36.0 Å². The zero-order valence-electron chi connectivity index (χ0n) is 10.4. The van der Waals surface area contributed by atoms with Gasteiger partial charge in [0, 0.05) is 42.3 Å². The second-order valence-corrected chi connectivity index (χ2v) is 7.38. The van der Waals surface area contributed by atoms with Crippen molar-refractivity contribution in [2.75, 3.05) is 42.3 Å². The lowest BCUT2D eigenvalue weighted by Crippen LogP contribution is -2.39.